The van der Waals surface area contributed by atoms with Gasteiger partial charge >= 0.3 is 24.4 Å². The van der Waals surface area contributed by atoms with Gasteiger partial charge in [-0.3, -0.25) is 0 Å². The van der Waals surface area contributed by atoms with Crippen molar-refractivity contribution in [1.29, 1.82) is 0 Å². The molecule has 0 aliphatic rings. The zero-order chi connectivity index (χ0) is 2.71. The third-order valence-electron chi connectivity index (χ3n) is 0. The maximum absolute atomic E-state index is 7.57. The average Bonchev–Trinajstić information content (AvgIpc) is 0.918. The van der Waals surface area contributed by atoms with E-state index in [1.54, 1.807) is 6.92 Å². The van der Waals surface area contributed by atoms with Crippen molar-refractivity contribution in [2.45, 2.75) is 6.92 Å². The van der Waals surface area contributed by atoms with E-state index in [0.717, 1.165) is 0 Å². The standard InChI is InChI=1S/C2H6O.3ClH.Sb.3H/c1-2-3;;;;;;;/h3H,2H2,1H3;3*1H;;;;. The molecule has 52 valence electrons. The minimum absolute atomic E-state index is 0. The fourth-order valence-corrected chi connectivity index (χ4v) is 0. The Morgan fingerprint density at radius 2 is 1.14 bits per heavy atom. The van der Waals surface area contributed by atoms with E-state index in [4.69, 9.17) is 5.11 Å². The van der Waals surface area contributed by atoms with Gasteiger partial charge in [0.05, 0.1) is 0 Å². The number of aliphatic hydroxyl groups is 1. The predicted octanol–water partition coefficient (Wildman–Crippen LogP) is 0.0801. The van der Waals surface area contributed by atoms with Crippen LogP contribution in [0.3, 0.4) is 0 Å². The Bertz CT molecular complexity index is 12.9. The first-order chi connectivity index (χ1) is 1.41. The third kappa shape index (κ3) is 89.8. The Kier molecular flexibility index (Phi) is 262. The number of hydrogen-bond donors (Lipinski definition) is 1. The van der Waals surface area contributed by atoms with Gasteiger partial charge in [0, 0.05) is 6.61 Å². The van der Waals surface area contributed by atoms with Gasteiger partial charge in [-0.15, -0.1) is 37.2 Å². The fourth-order valence-electron chi connectivity index (χ4n) is 0. The van der Waals surface area contributed by atoms with Gasteiger partial charge in [0.2, 0.25) is 0 Å². The molecule has 1 N–H and O–H groups in total. The molecule has 0 aromatic rings. The zero-order valence-electron chi connectivity index (χ0n) is 4.09. The Labute approximate surface area is 79.9 Å². The summed E-state index contributed by atoms with van der Waals surface area (Å²) in [6, 6.07) is 0. The second kappa shape index (κ2) is 48.2. The van der Waals surface area contributed by atoms with E-state index in [1.807, 2.05) is 0 Å². The summed E-state index contributed by atoms with van der Waals surface area (Å²) in [6.45, 7) is 1.93. The molecule has 0 aromatic carbocycles. The minimum atomic E-state index is 0. The Morgan fingerprint density at radius 1 is 1.14 bits per heavy atom. The number of aliphatic hydroxyl groups excluding tert-OH is 1. The van der Waals surface area contributed by atoms with Gasteiger partial charge in [0.15, 0.2) is 0 Å². The van der Waals surface area contributed by atoms with Crippen molar-refractivity contribution in [2.24, 2.45) is 0 Å². The van der Waals surface area contributed by atoms with E-state index < -0.39 is 0 Å². The van der Waals surface area contributed by atoms with Gasteiger partial charge in [-0.05, 0) is 6.92 Å². The summed E-state index contributed by atoms with van der Waals surface area (Å²) in [6.07, 6.45) is 0. The summed E-state index contributed by atoms with van der Waals surface area (Å²) >= 11 is 0. The molecule has 0 unspecified atom stereocenters. The number of halogens is 3. The molecular formula is C2H12Cl3OSb. The van der Waals surface area contributed by atoms with Crippen LogP contribution in [-0.2, 0) is 0 Å². The van der Waals surface area contributed by atoms with E-state index in [-0.39, 0.29) is 68.3 Å². The topological polar surface area (TPSA) is 20.2 Å². The maximum atomic E-state index is 7.57. The monoisotopic (exact) mass is 278 g/mol. The van der Waals surface area contributed by atoms with E-state index in [0.29, 0.717) is 0 Å². The molecule has 7 heavy (non-hydrogen) atoms. The molecule has 0 aliphatic carbocycles. The van der Waals surface area contributed by atoms with Crippen molar-refractivity contribution in [2.75, 3.05) is 6.61 Å². The molecule has 0 heterocycles. The molecule has 0 saturated carbocycles. The second-order valence-electron chi connectivity index (χ2n) is 0.316. The van der Waals surface area contributed by atoms with Crippen LogP contribution in [0.25, 0.3) is 0 Å². The second-order valence-corrected chi connectivity index (χ2v) is 0.316. The van der Waals surface area contributed by atoms with Crippen LogP contribution in [0.5, 0.6) is 0 Å². The third-order valence-corrected chi connectivity index (χ3v) is 0. The summed E-state index contributed by atoms with van der Waals surface area (Å²) in [4.78, 5) is 0. The zero-order valence-corrected chi connectivity index (χ0v) is 10.6. The van der Waals surface area contributed by atoms with Gasteiger partial charge in [-0.25, -0.2) is 0 Å². The number of hydrogen-bond acceptors (Lipinski definition) is 1. The average molecular weight is 280 g/mol. The van der Waals surface area contributed by atoms with Crippen LogP contribution in [0, 0.1) is 0 Å². The molecule has 0 saturated heterocycles. The van der Waals surface area contributed by atoms with Crippen molar-refractivity contribution in [1.82, 2.24) is 0 Å². The van der Waals surface area contributed by atoms with Crippen molar-refractivity contribution < 1.29 is 5.11 Å². The molecule has 1 nitrogen and oxygen atoms in total. The molecule has 0 aromatic heterocycles. The molecule has 0 aliphatic heterocycles. The van der Waals surface area contributed by atoms with Gasteiger partial charge < -0.3 is 5.11 Å². The molecule has 0 radical (unpaired) electrons. The van der Waals surface area contributed by atoms with Crippen molar-refractivity contribution in [3.8, 4) is 0 Å². The molecule has 0 rings (SSSR count). The normalized spacial score (nSPS) is 2.57. The van der Waals surface area contributed by atoms with Crippen molar-refractivity contribution in [3.05, 3.63) is 0 Å². The van der Waals surface area contributed by atoms with E-state index >= 15 is 0 Å². The molecule has 0 atom stereocenters. The van der Waals surface area contributed by atoms with Crippen LogP contribution in [0.15, 0.2) is 0 Å². The fraction of sp³-hybridized carbons (Fsp3) is 1.00. The Balaban J connectivity index is -0.00000000333. The van der Waals surface area contributed by atoms with Gasteiger partial charge in [-0.1, -0.05) is 0 Å². The molecule has 0 spiro atoms. The molecule has 0 amide bonds. The molecule has 0 fully saturated rings. The molecule has 5 heteroatoms. The van der Waals surface area contributed by atoms with Crippen LogP contribution >= 0.6 is 37.2 Å². The number of rotatable bonds is 0. The first kappa shape index (κ1) is 38.0. The van der Waals surface area contributed by atoms with E-state index in [1.165, 1.54) is 0 Å². The van der Waals surface area contributed by atoms with Crippen LogP contribution in [0.1, 0.15) is 6.92 Å². The van der Waals surface area contributed by atoms with Crippen molar-refractivity contribution in [3.63, 3.8) is 0 Å². The Hall–Kier alpha value is 1.65. The summed E-state index contributed by atoms with van der Waals surface area (Å²) in [5, 5.41) is 7.57. The first-order valence-corrected chi connectivity index (χ1v) is 1.02. The Morgan fingerprint density at radius 3 is 1.14 bits per heavy atom. The van der Waals surface area contributed by atoms with Crippen LogP contribution in [0.2, 0.25) is 0 Å². The van der Waals surface area contributed by atoms with Gasteiger partial charge in [-0.2, -0.15) is 0 Å². The predicted molar refractivity (Wildman–Crippen MR) is 44.4 cm³/mol. The SMILES string of the molecule is CCO.Cl.Cl.Cl.[SbH3]. The summed E-state index contributed by atoms with van der Waals surface area (Å²) in [5.74, 6) is 0. The first-order valence-electron chi connectivity index (χ1n) is 1.02. The quantitative estimate of drug-likeness (QED) is 0.623. The van der Waals surface area contributed by atoms with E-state index in [9.17, 15) is 0 Å². The molecule has 0 bridgehead atoms. The van der Waals surface area contributed by atoms with E-state index in [2.05, 4.69) is 0 Å². The molecular weight excluding hydrogens is 268 g/mol. The van der Waals surface area contributed by atoms with Crippen molar-refractivity contribution >= 4 is 61.6 Å². The summed E-state index contributed by atoms with van der Waals surface area (Å²) in [7, 11) is 0. The van der Waals surface area contributed by atoms with Crippen LogP contribution in [-0.4, -0.2) is 36.1 Å². The van der Waals surface area contributed by atoms with Crippen LogP contribution < -0.4 is 0 Å². The van der Waals surface area contributed by atoms with Crippen LogP contribution in [0.4, 0.5) is 0 Å². The summed E-state index contributed by atoms with van der Waals surface area (Å²) in [5.41, 5.74) is 0. The van der Waals surface area contributed by atoms with Gasteiger partial charge in [0.25, 0.3) is 0 Å². The van der Waals surface area contributed by atoms with Gasteiger partial charge in [0.1, 0.15) is 0 Å². The summed E-state index contributed by atoms with van der Waals surface area (Å²) < 4.78 is 0.